The van der Waals surface area contributed by atoms with E-state index >= 15 is 0 Å². The standard InChI is InChI=1S/C13H10BrN3O4.C6H7N3O/c14-12-5-8(7-15)1-3-10(12)11-4-2-9(16(18)19)6-13(11)17(20)21;10-9-6-4-2-1-3-5(6)7-8-9/h1-6H,7,15H2;1-4,7-8,10H. The highest BCUT2D eigenvalue weighted by molar-refractivity contribution is 9.10. The van der Waals surface area contributed by atoms with Crippen LogP contribution in [0.1, 0.15) is 5.56 Å². The fraction of sp³-hybridized carbons (Fsp3) is 0.0526. The van der Waals surface area contributed by atoms with E-state index in [9.17, 15) is 20.2 Å². The number of benzene rings is 3. The Kier molecular flexibility index (Phi) is 6.77. The minimum atomic E-state index is -0.663. The van der Waals surface area contributed by atoms with Crippen LogP contribution in [0.15, 0.2) is 65.1 Å². The lowest BCUT2D eigenvalue weighted by Gasteiger charge is -2.07. The fourth-order valence-corrected chi connectivity index (χ4v) is 3.49. The first-order chi connectivity index (χ1) is 14.8. The van der Waals surface area contributed by atoms with Gasteiger partial charge in [0.25, 0.3) is 11.4 Å². The van der Waals surface area contributed by atoms with Crippen molar-refractivity contribution in [3.8, 4) is 11.1 Å². The van der Waals surface area contributed by atoms with Crippen LogP contribution in [0.4, 0.5) is 22.7 Å². The molecule has 11 nitrogen and oxygen atoms in total. The maximum absolute atomic E-state index is 11.2. The number of nitrogens with one attached hydrogen (secondary N) is 2. The normalized spacial score (nSPS) is 11.8. The first kappa shape index (κ1) is 22.1. The predicted octanol–water partition coefficient (Wildman–Crippen LogP) is 4.12. The van der Waals surface area contributed by atoms with Crippen LogP contribution in [-0.2, 0) is 6.54 Å². The van der Waals surface area contributed by atoms with Crippen molar-refractivity contribution in [2.45, 2.75) is 6.54 Å². The molecule has 5 N–H and O–H groups in total. The molecular weight excluding hydrogens is 472 g/mol. The van der Waals surface area contributed by atoms with Crippen molar-refractivity contribution in [3.05, 3.63) is 90.9 Å². The van der Waals surface area contributed by atoms with Gasteiger partial charge in [-0.3, -0.25) is 30.9 Å². The summed E-state index contributed by atoms with van der Waals surface area (Å²) in [5, 5.41) is 31.9. The molecule has 0 saturated heterocycles. The zero-order chi connectivity index (χ0) is 22.5. The van der Waals surface area contributed by atoms with Gasteiger partial charge in [-0.15, -0.1) is 5.53 Å². The summed E-state index contributed by atoms with van der Waals surface area (Å²) in [6.07, 6.45) is 0. The van der Waals surface area contributed by atoms with Crippen molar-refractivity contribution in [2.75, 3.05) is 10.6 Å². The van der Waals surface area contributed by atoms with Crippen molar-refractivity contribution in [1.82, 2.24) is 5.53 Å². The van der Waals surface area contributed by atoms with E-state index in [0.29, 0.717) is 22.1 Å². The summed E-state index contributed by atoms with van der Waals surface area (Å²) in [5.41, 5.74) is 13.6. The van der Waals surface area contributed by atoms with E-state index in [1.54, 1.807) is 18.2 Å². The number of nitrogens with two attached hydrogens (primary N) is 1. The molecule has 0 radical (unpaired) electrons. The highest BCUT2D eigenvalue weighted by atomic mass is 79.9. The largest absolute Gasteiger partial charge is 0.326 e. The molecule has 31 heavy (non-hydrogen) atoms. The lowest BCUT2D eigenvalue weighted by molar-refractivity contribution is -0.393. The number of fused-ring (bicyclic) bond motifs is 1. The molecule has 12 heteroatoms. The highest BCUT2D eigenvalue weighted by Gasteiger charge is 2.21. The number of halogens is 1. The van der Waals surface area contributed by atoms with Crippen LogP contribution in [0, 0.1) is 20.2 Å². The molecule has 0 aliphatic carbocycles. The Hall–Kier alpha value is -3.58. The van der Waals surface area contributed by atoms with Crippen molar-refractivity contribution in [2.24, 2.45) is 5.73 Å². The number of non-ortho nitro benzene ring substituents is 1. The first-order valence-corrected chi connectivity index (χ1v) is 9.62. The molecule has 0 bridgehead atoms. The van der Waals surface area contributed by atoms with Crippen LogP contribution >= 0.6 is 15.9 Å². The quantitative estimate of drug-likeness (QED) is 0.312. The van der Waals surface area contributed by atoms with E-state index in [4.69, 9.17) is 10.9 Å². The van der Waals surface area contributed by atoms with Gasteiger partial charge >= 0.3 is 0 Å². The Morgan fingerprint density at radius 3 is 2.32 bits per heavy atom. The number of anilines is 2. The number of rotatable bonds is 4. The third kappa shape index (κ3) is 4.95. The molecule has 1 heterocycles. The average Bonchev–Trinajstić information content (AvgIpc) is 3.14. The molecule has 0 unspecified atom stereocenters. The summed E-state index contributed by atoms with van der Waals surface area (Å²) >= 11 is 3.34. The number of para-hydroxylation sites is 2. The number of nitro groups is 2. The number of hydrogen-bond acceptors (Lipinski definition) is 9. The van der Waals surface area contributed by atoms with E-state index < -0.39 is 9.85 Å². The number of hydrogen-bond donors (Lipinski definition) is 4. The van der Waals surface area contributed by atoms with Crippen molar-refractivity contribution >= 4 is 38.7 Å². The van der Waals surface area contributed by atoms with Crippen molar-refractivity contribution < 1.29 is 15.1 Å². The number of hydrazine groups is 2. The summed E-state index contributed by atoms with van der Waals surface area (Å²) in [5.74, 6) is 0. The summed E-state index contributed by atoms with van der Waals surface area (Å²) < 4.78 is 0.641. The van der Waals surface area contributed by atoms with Crippen LogP contribution in [0.25, 0.3) is 11.1 Å². The van der Waals surface area contributed by atoms with Crippen LogP contribution in [0.5, 0.6) is 0 Å². The Morgan fingerprint density at radius 2 is 1.71 bits per heavy atom. The lowest BCUT2D eigenvalue weighted by atomic mass is 10.0. The number of nitro benzene ring substituents is 2. The molecule has 0 spiro atoms. The summed E-state index contributed by atoms with van der Waals surface area (Å²) in [4.78, 5) is 20.6. The molecule has 3 aromatic carbocycles. The minimum absolute atomic E-state index is 0.307. The van der Waals surface area contributed by atoms with Gasteiger partial charge < -0.3 is 5.73 Å². The fourth-order valence-electron chi connectivity index (χ4n) is 2.85. The smallest absolute Gasteiger partial charge is 0.284 e. The Balaban J connectivity index is 0.000000225. The maximum Gasteiger partial charge on any atom is 0.284 e. The van der Waals surface area contributed by atoms with E-state index in [1.807, 2.05) is 24.3 Å². The van der Waals surface area contributed by atoms with E-state index in [1.165, 1.54) is 12.1 Å². The predicted molar refractivity (Wildman–Crippen MR) is 118 cm³/mol. The monoisotopic (exact) mass is 488 g/mol. The molecule has 0 atom stereocenters. The van der Waals surface area contributed by atoms with E-state index in [-0.39, 0.29) is 11.4 Å². The van der Waals surface area contributed by atoms with Crippen molar-refractivity contribution in [1.29, 1.82) is 0 Å². The summed E-state index contributed by atoms with van der Waals surface area (Å²) in [7, 11) is 0. The van der Waals surface area contributed by atoms with Gasteiger partial charge in [-0.2, -0.15) is 5.17 Å². The zero-order valence-electron chi connectivity index (χ0n) is 15.9. The first-order valence-electron chi connectivity index (χ1n) is 8.83. The Labute approximate surface area is 184 Å². The third-order valence-corrected chi connectivity index (χ3v) is 5.03. The molecule has 0 aromatic heterocycles. The molecule has 1 aliphatic rings. The van der Waals surface area contributed by atoms with Crippen LogP contribution in [0.3, 0.4) is 0 Å². The van der Waals surface area contributed by atoms with Crippen LogP contribution in [-0.4, -0.2) is 15.1 Å². The summed E-state index contributed by atoms with van der Waals surface area (Å²) in [6, 6.07) is 16.2. The topological polar surface area (TPSA) is 160 Å². The van der Waals surface area contributed by atoms with E-state index in [2.05, 4.69) is 26.9 Å². The molecule has 1 aliphatic heterocycles. The molecule has 3 aromatic rings. The molecule has 0 saturated carbocycles. The average molecular weight is 489 g/mol. The number of nitrogens with zero attached hydrogens (tertiary/aromatic N) is 3. The van der Waals surface area contributed by atoms with Gasteiger partial charge in [0.2, 0.25) is 0 Å². The van der Waals surface area contributed by atoms with Gasteiger partial charge in [0.1, 0.15) is 5.69 Å². The van der Waals surface area contributed by atoms with Gasteiger partial charge in [-0.05, 0) is 29.8 Å². The second kappa shape index (κ2) is 9.49. The Morgan fingerprint density at radius 1 is 1.00 bits per heavy atom. The van der Waals surface area contributed by atoms with Gasteiger partial charge in [-0.25, -0.2) is 0 Å². The molecule has 4 rings (SSSR count). The summed E-state index contributed by atoms with van der Waals surface area (Å²) in [6.45, 7) is 0.348. The van der Waals surface area contributed by atoms with Crippen LogP contribution in [0.2, 0.25) is 0 Å². The molecular formula is C19H17BrN6O5. The van der Waals surface area contributed by atoms with Gasteiger partial charge in [0.05, 0.1) is 27.2 Å². The SMILES string of the molecule is NCc1ccc(-c2ccc([N+](=O)[O-])cc2[N+](=O)[O-])c(Br)c1.ON1NNc2ccccc21. The van der Waals surface area contributed by atoms with Gasteiger partial charge in [-0.1, -0.05) is 40.2 Å². The zero-order valence-corrected chi connectivity index (χ0v) is 17.4. The van der Waals surface area contributed by atoms with Gasteiger partial charge in [0.15, 0.2) is 0 Å². The molecule has 160 valence electrons. The third-order valence-electron chi connectivity index (χ3n) is 4.38. The van der Waals surface area contributed by atoms with Crippen LogP contribution < -0.4 is 21.9 Å². The highest BCUT2D eigenvalue weighted by Crippen LogP contribution is 2.37. The lowest BCUT2D eigenvalue weighted by Crippen LogP contribution is -2.32. The second-order valence-corrected chi connectivity index (χ2v) is 7.15. The van der Waals surface area contributed by atoms with E-state index in [0.717, 1.165) is 28.2 Å². The Bertz CT molecular complexity index is 1140. The minimum Gasteiger partial charge on any atom is -0.326 e. The molecule has 0 fully saturated rings. The molecule has 0 amide bonds. The van der Waals surface area contributed by atoms with Gasteiger partial charge in [0, 0.05) is 22.6 Å². The second-order valence-electron chi connectivity index (χ2n) is 6.30. The van der Waals surface area contributed by atoms with Crippen molar-refractivity contribution in [3.63, 3.8) is 0 Å². The maximum atomic E-state index is 11.2.